The van der Waals surface area contributed by atoms with Crippen molar-refractivity contribution in [1.82, 2.24) is 4.98 Å². The molecule has 2 N–H and O–H groups in total. The topological polar surface area (TPSA) is 68.5 Å². The van der Waals surface area contributed by atoms with Crippen molar-refractivity contribution >= 4 is 27.6 Å². The largest absolute Gasteiger partial charge is 0.436 e. The Morgan fingerprint density at radius 2 is 1.50 bits per heavy atom. The molecule has 3 aromatic carbocycles. The van der Waals surface area contributed by atoms with Crippen molar-refractivity contribution in [2.75, 3.05) is 17.7 Å². The van der Waals surface area contributed by atoms with Gasteiger partial charge in [0.05, 0.1) is 0 Å². The number of nitrogen functional groups attached to an aromatic ring is 1. The number of benzene rings is 3. The van der Waals surface area contributed by atoms with E-state index in [0.717, 1.165) is 27.8 Å². The number of fused-ring (bicyclic) bond motifs is 3. The SMILES string of the molecule is CN(C(=O)OC1c2ccccc2-c2ccccc21)c1nc(-c2ccccc2)c(N)s1. The van der Waals surface area contributed by atoms with Gasteiger partial charge in [-0.05, 0) is 11.1 Å². The average molecular weight is 414 g/mol. The van der Waals surface area contributed by atoms with Gasteiger partial charge in [0, 0.05) is 23.7 Å². The number of anilines is 2. The summed E-state index contributed by atoms with van der Waals surface area (Å²) in [4.78, 5) is 19.0. The van der Waals surface area contributed by atoms with E-state index in [2.05, 4.69) is 17.1 Å². The van der Waals surface area contributed by atoms with Crippen LogP contribution < -0.4 is 10.6 Å². The number of carbonyl (C=O) groups excluding carboxylic acids is 1. The maximum absolute atomic E-state index is 13.0. The number of carbonyl (C=O) groups is 1. The number of nitrogens with zero attached hydrogens (tertiary/aromatic N) is 2. The van der Waals surface area contributed by atoms with Crippen molar-refractivity contribution in [1.29, 1.82) is 0 Å². The van der Waals surface area contributed by atoms with Gasteiger partial charge in [0.2, 0.25) is 0 Å². The molecule has 4 aromatic rings. The van der Waals surface area contributed by atoms with Crippen LogP contribution in [0, 0.1) is 0 Å². The molecule has 0 radical (unpaired) electrons. The molecule has 0 fully saturated rings. The Hall–Kier alpha value is -3.64. The number of thiazole rings is 1. The summed E-state index contributed by atoms with van der Waals surface area (Å²) in [5.41, 5.74) is 11.9. The van der Waals surface area contributed by atoms with E-state index in [1.165, 1.54) is 16.2 Å². The fraction of sp³-hybridized carbons (Fsp3) is 0.0833. The second-order valence-electron chi connectivity index (χ2n) is 7.07. The summed E-state index contributed by atoms with van der Waals surface area (Å²) in [7, 11) is 1.65. The Balaban J connectivity index is 1.43. The van der Waals surface area contributed by atoms with Crippen molar-refractivity contribution in [3.05, 3.63) is 90.0 Å². The summed E-state index contributed by atoms with van der Waals surface area (Å²) in [6, 6.07) is 25.7. The zero-order valence-corrected chi connectivity index (χ0v) is 17.1. The van der Waals surface area contributed by atoms with Crippen molar-refractivity contribution in [2.45, 2.75) is 6.10 Å². The van der Waals surface area contributed by atoms with Gasteiger partial charge in [0.25, 0.3) is 0 Å². The van der Waals surface area contributed by atoms with Crippen molar-refractivity contribution in [2.24, 2.45) is 0 Å². The van der Waals surface area contributed by atoms with Crippen LogP contribution in [0.1, 0.15) is 17.2 Å². The monoisotopic (exact) mass is 413 g/mol. The molecule has 0 saturated heterocycles. The first-order chi connectivity index (χ1) is 14.6. The standard InChI is InChI=1S/C24H19N3O2S/c1-27(23-26-20(22(25)30-23)15-9-3-2-4-10-15)24(28)29-21-18-13-7-5-11-16(18)17-12-6-8-14-19(17)21/h2-14,21H,25H2,1H3. The number of ether oxygens (including phenoxy) is 1. The quantitative estimate of drug-likeness (QED) is 0.465. The highest BCUT2D eigenvalue weighted by Crippen LogP contribution is 2.45. The third-order valence-electron chi connectivity index (χ3n) is 5.25. The predicted octanol–water partition coefficient (Wildman–Crippen LogP) is 5.74. The second kappa shape index (κ2) is 7.31. The maximum Gasteiger partial charge on any atom is 0.416 e. The minimum absolute atomic E-state index is 0.446. The zero-order valence-electron chi connectivity index (χ0n) is 16.3. The summed E-state index contributed by atoms with van der Waals surface area (Å²) in [5, 5.41) is 1.06. The molecule has 1 amide bonds. The van der Waals surface area contributed by atoms with Crippen LogP contribution >= 0.6 is 11.3 Å². The van der Waals surface area contributed by atoms with Crippen LogP contribution in [0.25, 0.3) is 22.4 Å². The maximum atomic E-state index is 13.0. The van der Waals surface area contributed by atoms with Crippen molar-refractivity contribution < 1.29 is 9.53 Å². The molecule has 0 saturated carbocycles. The number of amides is 1. The van der Waals surface area contributed by atoms with Gasteiger partial charge in [-0.1, -0.05) is 90.2 Å². The molecule has 6 heteroatoms. The van der Waals surface area contributed by atoms with E-state index in [0.29, 0.717) is 15.8 Å². The highest BCUT2D eigenvalue weighted by Gasteiger charge is 2.32. The minimum Gasteiger partial charge on any atom is -0.436 e. The third-order valence-corrected chi connectivity index (χ3v) is 6.21. The molecule has 0 aliphatic heterocycles. The highest BCUT2D eigenvalue weighted by molar-refractivity contribution is 7.20. The lowest BCUT2D eigenvalue weighted by molar-refractivity contribution is 0.127. The predicted molar refractivity (Wildman–Crippen MR) is 121 cm³/mol. The first-order valence-electron chi connectivity index (χ1n) is 9.58. The van der Waals surface area contributed by atoms with Crippen LogP contribution in [0.3, 0.4) is 0 Å². The highest BCUT2D eigenvalue weighted by atomic mass is 32.1. The zero-order chi connectivity index (χ0) is 20.7. The molecule has 5 nitrogen and oxygen atoms in total. The van der Waals surface area contributed by atoms with Gasteiger partial charge in [0.1, 0.15) is 10.7 Å². The summed E-state index contributed by atoms with van der Waals surface area (Å²) in [6.07, 6.45) is -0.918. The average Bonchev–Trinajstić information content (AvgIpc) is 3.33. The van der Waals surface area contributed by atoms with Gasteiger partial charge in [-0.15, -0.1) is 0 Å². The summed E-state index contributed by atoms with van der Waals surface area (Å²) >= 11 is 1.27. The van der Waals surface area contributed by atoms with E-state index in [9.17, 15) is 4.79 Å². The normalized spacial score (nSPS) is 12.3. The summed E-state index contributed by atoms with van der Waals surface area (Å²) < 4.78 is 5.95. The van der Waals surface area contributed by atoms with E-state index in [4.69, 9.17) is 10.5 Å². The van der Waals surface area contributed by atoms with E-state index in [1.54, 1.807) is 7.05 Å². The molecule has 148 valence electrons. The molecule has 5 rings (SSSR count). The summed E-state index contributed by atoms with van der Waals surface area (Å²) in [5.74, 6) is 0. The van der Waals surface area contributed by atoms with E-state index in [1.807, 2.05) is 66.7 Å². The number of hydrogen-bond acceptors (Lipinski definition) is 5. The van der Waals surface area contributed by atoms with Crippen LogP contribution in [-0.2, 0) is 4.74 Å². The molecular weight excluding hydrogens is 394 g/mol. The Kier molecular flexibility index (Phi) is 4.48. The molecule has 1 heterocycles. The number of aromatic nitrogens is 1. The Labute approximate surface area is 178 Å². The lowest BCUT2D eigenvalue weighted by Crippen LogP contribution is -2.28. The number of nitrogens with two attached hydrogens (primary N) is 1. The molecule has 1 aliphatic carbocycles. The van der Waals surface area contributed by atoms with E-state index in [-0.39, 0.29) is 0 Å². The summed E-state index contributed by atoms with van der Waals surface area (Å²) in [6.45, 7) is 0. The molecule has 1 aliphatic rings. The van der Waals surface area contributed by atoms with Gasteiger partial charge in [-0.25, -0.2) is 9.78 Å². The molecule has 0 atom stereocenters. The Bertz CT molecular complexity index is 1190. The van der Waals surface area contributed by atoms with Crippen LogP contribution in [0.15, 0.2) is 78.9 Å². The Morgan fingerprint density at radius 3 is 2.13 bits per heavy atom. The molecule has 0 spiro atoms. The van der Waals surface area contributed by atoms with Gasteiger partial charge in [-0.2, -0.15) is 0 Å². The first-order valence-corrected chi connectivity index (χ1v) is 10.4. The van der Waals surface area contributed by atoms with Gasteiger partial charge < -0.3 is 10.5 Å². The van der Waals surface area contributed by atoms with Crippen molar-refractivity contribution in [3.8, 4) is 22.4 Å². The fourth-order valence-corrected chi connectivity index (χ4v) is 4.57. The number of hydrogen-bond donors (Lipinski definition) is 1. The molecule has 1 aromatic heterocycles. The van der Waals surface area contributed by atoms with Crippen LogP contribution in [-0.4, -0.2) is 18.1 Å². The second-order valence-corrected chi connectivity index (χ2v) is 8.08. The van der Waals surface area contributed by atoms with Gasteiger partial charge >= 0.3 is 6.09 Å². The third kappa shape index (κ3) is 3.02. The fourth-order valence-electron chi connectivity index (χ4n) is 3.76. The lowest BCUT2D eigenvalue weighted by Gasteiger charge is -2.19. The van der Waals surface area contributed by atoms with Gasteiger partial charge in [-0.3, -0.25) is 4.90 Å². The van der Waals surface area contributed by atoms with Crippen LogP contribution in [0.4, 0.5) is 14.9 Å². The molecule has 0 unspecified atom stereocenters. The lowest BCUT2D eigenvalue weighted by atomic mass is 10.1. The van der Waals surface area contributed by atoms with Gasteiger partial charge in [0.15, 0.2) is 11.2 Å². The first kappa shape index (κ1) is 18.4. The van der Waals surface area contributed by atoms with E-state index >= 15 is 0 Å². The minimum atomic E-state index is -0.472. The van der Waals surface area contributed by atoms with Crippen molar-refractivity contribution in [3.63, 3.8) is 0 Å². The van der Waals surface area contributed by atoms with Crippen LogP contribution in [0.5, 0.6) is 0 Å². The molecule has 30 heavy (non-hydrogen) atoms. The van der Waals surface area contributed by atoms with E-state index < -0.39 is 12.2 Å². The smallest absolute Gasteiger partial charge is 0.416 e. The Morgan fingerprint density at radius 1 is 0.933 bits per heavy atom. The van der Waals surface area contributed by atoms with Crippen LogP contribution in [0.2, 0.25) is 0 Å². The number of rotatable bonds is 3. The molecular formula is C24H19N3O2S. The molecule has 0 bridgehead atoms.